The number of likely N-dealkylation sites (N-methyl/N-ethyl adjacent to an activating group) is 2. The molecule has 0 saturated heterocycles. The van der Waals surface area contributed by atoms with Crippen LogP contribution in [0.25, 0.3) is 0 Å². The first-order chi connectivity index (χ1) is 10.1. The number of benzene rings is 2. The van der Waals surface area contributed by atoms with E-state index >= 15 is 0 Å². The largest absolute Gasteiger partial charge is 0.370 e. The second-order valence-electron chi connectivity index (χ2n) is 5.27. The zero-order valence-electron chi connectivity index (χ0n) is 12.9. The summed E-state index contributed by atoms with van der Waals surface area (Å²) in [5.74, 6) is -0.196. The minimum atomic E-state index is -0.196. The van der Waals surface area contributed by atoms with Crippen molar-refractivity contribution >= 4 is 5.69 Å². The van der Waals surface area contributed by atoms with E-state index in [1.807, 2.05) is 19.2 Å². The average Bonchev–Trinajstić information content (AvgIpc) is 2.51. The number of nitrogens with zero attached hydrogens (tertiary/aromatic N) is 1. The van der Waals surface area contributed by atoms with Crippen molar-refractivity contribution in [2.24, 2.45) is 0 Å². The molecule has 3 heteroatoms. The molecule has 0 amide bonds. The predicted octanol–water partition coefficient (Wildman–Crippen LogP) is 3.92. The summed E-state index contributed by atoms with van der Waals surface area (Å²) in [4.78, 5) is 2.25. The van der Waals surface area contributed by atoms with Gasteiger partial charge in [-0.1, -0.05) is 29.8 Å². The van der Waals surface area contributed by atoms with Crippen LogP contribution in [0.3, 0.4) is 0 Å². The van der Waals surface area contributed by atoms with Crippen LogP contribution in [0.1, 0.15) is 24.1 Å². The summed E-state index contributed by atoms with van der Waals surface area (Å²) in [6.45, 7) is 5.94. The third-order valence-electron chi connectivity index (χ3n) is 3.80. The second kappa shape index (κ2) is 7.23. The highest BCUT2D eigenvalue weighted by molar-refractivity contribution is 5.46. The lowest BCUT2D eigenvalue weighted by Crippen LogP contribution is -2.33. The van der Waals surface area contributed by atoms with Gasteiger partial charge in [0.1, 0.15) is 5.82 Å². The number of hydrogen-bond donors (Lipinski definition) is 1. The predicted molar refractivity (Wildman–Crippen MR) is 87.3 cm³/mol. The zero-order valence-corrected chi connectivity index (χ0v) is 12.9. The molecule has 0 aromatic heterocycles. The number of aryl methyl sites for hydroxylation is 1. The molecule has 2 aromatic carbocycles. The smallest absolute Gasteiger partial charge is 0.123 e. The zero-order chi connectivity index (χ0) is 15.2. The Hall–Kier alpha value is -1.87. The van der Waals surface area contributed by atoms with Crippen molar-refractivity contribution in [3.63, 3.8) is 0 Å². The van der Waals surface area contributed by atoms with Gasteiger partial charge in [-0.05, 0) is 50.7 Å². The number of nitrogens with one attached hydrogen (secondary N) is 1. The minimum Gasteiger partial charge on any atom is -0.370 e. The molecule has 2 nitrogen and oxygen atoms in total. The topological polar surface area (TPSA) is 15.3 Å². The lowest BCUT2D eigenvalue weighted by molar-refractivity contribution is 0.576. The van der Waals surface area contributed by atoms with Crippen LogP contribution < -0.4 is 10.2 Å². The first-order valence-electron chi connectivity index (χ1n) is 7.38. The quantitative estimate of drug-likeness (QED) is 0.866. The molecule has 0 aliphatic rings. The highest BCUT2D eigenvalue weighted by atomic mass is 19.1. The molecule has 2 aromatic rings. The standard InChI is InChI=1S/C18H23FN2/c1-4-21(17-11-9-16(19)10-12-17)13-18(20-3)15-7-5-14(2)6-8-15/h5-12,18,20H,4,13H2,1-3H3. The van der Waals surface area contributed by atoms with Gasteiger partial charge in [0, 0.05) is 24.8 Å². The van der Waals surface area contributed by atoms with Crippen LogP contribution in [-0.4, -0.2) is 20.1 Å². The van der Waals surface area contributed by atoms with Crippen LogP contribution in [0.15, 0.2) is 48.5 Å². The average molecular weight is 286 g/mol. The van der Waals surface area contributed by atoms with E-state index in [4.69, 9.17) is 0 Å². The molecule has 0 heterocycles. The Morgan fingerprint density at radius 2 is 1.67 bits per heavy atom. The molecule has 1 atom stereocenters. The van der Waals surface area contributed by atoms with Crippen molar-refractivity contribution in [3.8, 4) is 0 Å². The fourth-order valence-corrected chi connectivity index (χ4v) is 2.45. The Morgan fingerprint density at radius 1 is 1.05 bits per heavy atom. The number of hydrogen-bond acceptors (Lipinski definition) is 2. The molecule has 0 aliphatic carbocycles. The number of anilines is 1. The minimum absolute atomic E-state index is 0.196. The Labute approximate surface area is 126 Å². The van der Waals surface area contributed by atoms with Crippen LogP contribution >= 0.6 is 0 Å². The monoisotopic (exact) mass is 286 g/mol. The summed E-state index contributed by atoms with van der Waals surface area (Å²) < 4.78 is 13.1. The van der Waals surface area contributed by atoms with Crippen LogP contribution in [-0.2, 0) is 0 Å². The van der Waals surface area contributed by atoms with Gasteiger partial charge in [0.05, 0.1) is 0 Å². The Balaban J connectivity index is 2.15. The van der Waals surface area contributed by atoms with E-state index in [2.05, 4.69) is 48.3 Å². The van der Waals surface area contributed by atoms with Gasteiger partial charge in [-0.2, -0.15) is 0 Å². The van der Waals surface area contributed by atoms with Gasteiger partial charge in [0.25, 0.3) is 0 Å². The van der Waals surface area contributed by atoms with E-state index in [0.29, 0.717) is 0 Å². The van der Waals surface area contributed by atoms with Gasteiger partial charge in [0.15, 0.2) is 0 Å². The van der Waals surface area contributed by atoms with Crippen molar-refractivity contribution in [1.82, 2.24) is 5.32 Å². The maximum atomic E-state index is 13.1. The molecule has 1 N–H and O–H groups in total. The van der Waals surface area contributed by atoms with Crippen LogP contribution in [0, 0.1) is 12.7 Å². The van der Waals surface area contributed by atoms with Gasteiger partial charge >= 0.3 is 0 Å². The molecule has 0 saturated carbocycles. The fourth-order valence-electron chi connectivity index (χ4n) is 2.45. The van der Waals surface area contributed by atoms with Gasteiger partial charge < -0.3 is 10.2 Å². The summed E-state index contributed by atoms with van der Waals surface area (Å²) in [5.41, 5.74) is 3.58. The SMILES string of the molecule is CCN(CC(NC)c1ccc(C)cc1)c1ccc(F)cc1. The van der Waals surface area contributed by atoms with Gasteiger partial charge in [-0.3, -0.25) is 0 Å². The van der Waals surface area contributed by atoms with E-state index in [1.54, 1.807) is 0 Å². The van der Waals surface area contributed by atoms with Crippen LogP contribution in [0.2, 0.25) is 0 Å². The molecular formula is C18H23FN2. The normalized spacial score (nSPS) is 12.2. The first-order valence-corrected chi connectivity index (χ1v) is 7.38. The van der Waals surface area contributed by atoms with Crippen molar-refractivity contribution < 1.29 is 4.39 Å². The van der Waals surface area contributed by atoms with E-state index in [0.717, 1.165) is 18.8 Å². The van der Waals surface area contributed by atoms with Crippen molar-refractivity contribution in [3.05, 3.63) is 65.5 Å². The molecular weight excluding hydrogens is 263 g/mol. The summed E-state index contributed by atoms with van der Waals surface area (Å²) in [7, 11) is 1.98. The van der Waals surface area contributed by atoms with Crippen molar-refractivity contribution in [2.45, 2.75) is 19.9 Å². The lowest BCUT2D eigenvalue weighted by Gasteiger charge is -2.28. The molecule has 21 heavy (non-hydrogen) atoms. The molecule has 0 aliphatic heterocycles. The van der Waals surface area contributed by atoms with Gasteiger partial charge in [-0.25, -0.2) is 4.39 Å². The molecule has 2 rings (SSSR count). The summed E-state index contributed by atoms with van der Waals surface area (Å²) in [6.07, 6.45) is 0. The fraction of sp³-hybridized carbons (Fsp3) is 0.333. The third-order valence-corrected chi connectivity index (χ3v) is 3.80. The highest BCUT2D eigenvalue weighted by Crippen LogP contribution is 2.20. The van der Waals surface area contributed by atoms with Gasteiger partial charge in [-0.15, -0.1) is 0 Å². The number of rotatable bonds is 6. The van der Waals surface area contributed by atoms with Crippen molar-refractivity contribution in [1.29, 1.82) is 0 Å². The summed E-state index contributed by atoms with van der Waals surface area (Å²) in [6, 6.07) is 15.5. The highest BCUT2D eigenvalue weighted by Gasteiger charge is 2.14. The molecule has 0 fully saturated rings. The molecule has 1 unspecified atom stereocenters. The van der Waals surface area contributed by atoms with Crippen LogP contribution in [0.5, 0.6) is 0 Å². The Bertz CT molecular complexity index is 497. The van der Waals surface area contributed by atoms with Crippen molar-refractivity contribution in [2.75, 3.05) is 25.0 Å². The number of halogens is 1. The molecule has 0 spiro atoms. The Morgan fingerprint density at radius 3 is 2.19 bits per heavy atom. The third kappa shape index (κ3) is 4.05. The molecule has 0 bridgehead atoms. The lowest BCUT2D eigenvalue weighted by atomic mass is 10.0. The van der Waals surface area contributed by atoms with E-state index in [9.17, 15) is 4.39 Å². The van der Waals surface area contributed by atoms with Crippen LogP contribution in [0.4, 0.5) is 10.1 Å². The summed E-state index contributed by atoms with van der Waals surface area (Å²) in [5, 5.41) is 3.37. The second-order valence-corrected chi connectivity index (χ2v) is 5.27. The first kappa shape index (κ1) is 15.5. The maximum Gasteiger partial charge on any atom is 0.123 e. The summed E-state index contributed by atoms with van der Waals surface area (Å²) >= 11 is 0. The molecule has 0 radical (unpaired) electrons. The van der Waals surface area contributed by atoms with E-state index < -0.39 is 0 Å². The molecule has 112 valence electrons. The Kier molecular flexibility index (Phi) is 5.34. The van der Waals surface area contributed by atoms with E-state index in [1.165, 1.54) is 23.3 Å². The van der Waals surface area contributed by atoms with Gasteiger partial charge in [0.2, 0.25) is 0 Å². The maximum absolute atomic E-state index is 13.1. The van der Waals surface area contributed by atoms with E-state index in [-0.39, 0.29) is 11.9 Å².